The zero-order valence-corrected chi connectivity index (χ0v) is 18.2. The molecule has 28 heavy (non-hydrogen) atoms. The number of rotatable bonds is 7. The summed E-state index contributed by atoms with van der Waals surface area (Å²) in [6.07, 6.45) is 1.89. The zero-order valence-electron chi connectivity index (χ0n) is 15.8. The normalized spacial score (nSPS) is 15.4. The fourth-order valence-corrected chi connectivity index (χ4v) is 4.37. The second-order valence-corrected chi connectivity index (χ2v) is 8.33. The highest BCUT2D eigenvalue weighted by Crippen LogP contribution is 2.32. The van der Waals surface area contributed by atoms with Crippen molar-refractivity contribution in [3.63, 3.8) is 0 Å². The van der Waals surface area contributed by atoms with Crippen LogP contribution in [0.4, 0.5) is 11.4 Å². The molecule has 0 radical (unpaired) electrons. The van der Waals surface area contributed by atoms with Crippen molar-refractivity contribution in [2.45, 2.75) is 13.8 Å². The van der Waals surface area contributed by atoms with Gasteiger partial charge in [-0.2, -0.15) is 0 Å². The van der Waals surface area contributed by atoms with Crippen molar-refractivity contribution >= 4 is 63.3 Å². The molecule has 3 rings (SSSR count). The maximum Gasteiger partial charge on any atom is 0.267 e. The molecule has 0 aliphatic carbocycles. The van der Waals surface area contributed by atoms with Gasteiger partial charge in [0.25, 0.3) is 5.91 Å². The number of hydrogen-bond acceptors (Lipinski definition) is 5. The number of thioether (sulfide) groups is 1. The number of hydrogen-bond donors (Lipinski definition) is 1. The number of amides is 1. The van der Waals surface area contributed by atoms with Crippen LogP contribution in [0.1, 0.15) is 19.4 Å². The van der Waals surface area contributed by atoms with Gasteiger partial charge in [-0.1, -0.05) is 53.8 Å². The smallest absolute Gasteiger partial charge is 0.267 e. The second-order valence-electron chi connectivity index (χ2n) is 6.22. The molecule has 0 unspecified atom stereocenters. The summed E-state index contributed by atoms with van der Waals surface area (Å²) >= 11 is 12.7. The molecular formula is C21H22ClN3OS2. The number of benzene rings is 2. The number of carbonyl (C=O) groups is 1. The van der Waals surface area contributed by atoms with Gasteiger partial charge in [0, 0.05) is 29.5 Å². The number of thiocarbonyl (C=S) groups is 1. The van der Waals surface area contributed by atoms with Gasteiger partial charge in [-0.15, -0.1) is 0 Å². The monoisotopic (exact) mass is 431 g/mol. The van der Waals surface area contributed by atoms with Crippen molar-refractivity contribution in [3.05, 3.63) is 64.0 Å². The van der Waals surface area contributed by atoms with Gasteiger partial charge in [-0.05, 0) is 55.8 Å². The molecule has 0 bridgehead atoms. The van der Waals surface area contributed by atoms with Crippen LogP contribution in [0.15, 0.2) is 53.4 Å². The van der Waals surface area contributed by atoms with Crippen LogP contribution < -0.4 is 10.2 Å². The van der Waals surface area contributed by atoms with Gasteiger partial charge in [-0.25, -0.2) is 0 Å². The van der Waals surface area contributed by atoms with E-state index in [1.807, 2.05) is 36.4 Å². The van der Waals surface area contributed by atoms with E-state index in [4.69, 9.17) is 23.8 Å². The van der Waals surface area contributed by atoms with Crippen molar-refractivity contribution < 1.29 is 4.79 Å². The van der Waals surface area contributed by atoms with Crippen LogP contribution in [0.3, 0.4) is 0 Å². The Hall–Kier alpha value is -2.02. The van der Waals surface area contributed by atoms with E-state index < -0.39 is 0 Å². The van der Waals surface area contributed by atoms with Crippen molar-refractivity contribution in [3.8, 4) is 0 Å². The first-order valence-electron chi connectivity index (χ1n) is 9.11. The molecule has 0 saturated carbocycles. The molecule has 2 aromatic rings. The molecule has 1 N–H and O–H groups in total. The van der Waals surface area contributed by atoms with E-state index in [-0.39, 0.29) is 5.91 Å². The first kappa shape index (κ1) is 20.7. The Labute approximate surface area is 180 Å². The molecule has 4 nitrogen and oxygen atoms in total. The van der Waals surface area contributed by atoms with Crippen LogP contribution >= 0.6 is 35.6 Å². The fourth-order valence-electron chi connectivity index (χ4n) is 2.93. The lowest BCUT2D eigenvalue weighted by Crippen LogP contribution is -2.33. The Kier molecular flexibility index (Phi) is 6.99. The van der Waals surface area contributed by atoms with Crippen LogP contribution in [0, 0.1) is 0 Å². The van der Waals surface area contributed by atoms with E-state index in [0.717, 1.165) is 24.3 Å². The molecule has 1 aliphatic rings. The summed E-state index contributed by atoms with van der Waals surface area (Å²) in [5.41, 5.74) is 3.01. The molecule has 1 amide bonds. The number of anilines is 2. The summed E-state index contributed by atoms with van der Waals surface area (Å²) in [5.74, 6) is -0.0858. The van der Waals surface area contributed by atoms with E-state index in [1.165, 1.54) is 17.4 Å². The summed E-state index contributed by atoms with van der Waals surface area (Å²) in [7, 11) is 0. The fraction of sp³-hybridized carbons (Fsp3) is 0.238. The molecule has 1 fully saturated rings. The number of nitrogens with zero attached hydrogens (tertiary/aromatic N) is 2. The van der Waals surface area contributed by atoms with E-state index in [0.29, 0.717) is 20.9 Å². The highest BCUT2D eigenvalue weighted by atomic mass is 35.5. The van der Waals surface area contributed by atoms with Gasteiger partial charge in [0.2, 0.25) is 0 Å². The highest BCUT2D eigenvalue weighted by Gasteiger charge is 2.31. The van der Waals surface area contributed by atoms with Crippen molar-refractivity contribution in [2.24, 2.45) is 0 Å². The standard InChI is InChI=1S/C21H22ClN3OS2/c1-3-24(4-2)18-10-8-15(9-11-18)12-19-20(26)25(21(27)28-19)14-23-17-7-5-6-16(22)13-17/h5-13,23H,3-4,14H2,1-2H3/b19-12+. The lowest BCUT2D eigenvalue weighted by Gasteiger charge is -2.20. The van der Waals surface area contributed by atoms with Crippen LogP contribution in [0.2, 0.25) is 5.02 Å². The summed E-state index contributed by atoms with van der Waals surface area (Å²) in [4.78, 5) is 17.2. The Morgan fingerprint density at radius 2 is 1.89 bits per heavy atom. The maximum absolute atomic E-state index is 12.8. The predicted octanol–water partition coefficient (Wildman–Crippen LogP) is 5.46. The molecule has 7 heteroatoms. The lowest BCUT2D eigenvalue weighted by molar-refractivity contribution is -0.121. The van der Waals surface area contributed by atoms with Gasteiger partial charge in [0.15, 0.2) is 0 Å². The van der Waals surface area contributed by atoms with Gasteiger partial charge in [0.05, 0.1) is 11.6 Å². The zero-order chi connectivity index (χ0) is 20.1. The SMILES string of the molecule is CCN(CC)c1ccc(/C=C2/SC(=S)N(CNc3cccc(Cl)c3)C2=O)cc1. The summed E-state index contributed by atoms with van der Waals surface area (Å²) < 4.78 is 0.547. The second kappa shape index (κ2) is 9.45. The van der Waals surface area contributed by atoms with Crippen LogP contribution in [-0.2, 0) is 4.79 Å². The van der Waals surface area contributed by atoms with Gasteiger partial charge < -0.3 is 10.2 Å². The van der Waals surface area contributed by atoms with E-state index in [1.54, 1.807) is 11.0 Å². The first-order chi connectivity index (χ1) is 13.5. The minimum Gasteiger partial charge on any atom is -0.372 e. The Bertz CT molecular complexity index is 895. The topological polar surface area (TPSA) is 35.6 Å². The quantitative estimate of drug-likeness (QED) is 0.465. The van der Waals surface area contributed by atoms with Crippen LogP contribution in [0.25, 0.3) is 6.08 Å². The molecule has 0 aromatic heterocycles. The van der Waals surface area contributed by atoms with Gasteiger partial charge >= 0.3 is 0 Å². The average molecular weight is 432 g/mol. The average Bonchev–Trinajstić information content (AvgIpc) is 2.95. The van der Waals surface area contributed by atoms with Crippen molar-refractivity contribution in [2.75, 3.05) is 30.0 Å². The highest BCUT2D eigenvalue weighted by molar-refractivity contribution is 8.26. The summed E-state index contributed by atoms with van der Waals surface area (Å²) in [5, 5.41) is 3.83. The van der Waals surface area contributed by atoms with Crippen LogP contribution in [0.5, 0.6) is 0 Å². The third-order valence-electron chi connectivity index (χ3n) is 4.46. The van der Waals surface area contributed by atoms with Crippen molar-refractivity contribution in [1.29, 1.82) is 0 Å². The molecular weight excluding hydrogens is 410 g/mol. The maximum atomic E-state index is 12.8. The van der Waals surface area contributed by atoms with Crippen molar-refractivity contribution in [1.82, 2.24) is 4.90 Å². The minimum atomic E-state index is -0.0858. The Morgan fingerprint density at radius 1 is 1.18 bits per heavy atom. The third kappa shape index (κ3) is 4.87. The number of nitrogens with one attached hydrogen (secondary N) is 1. The summed E-state index contributed by atoms with van der Waals surface area (Å²) in [6.45, 7) is 6.52. The molecule has 0 spiro atoms. The summed E-state index contributed by atoms with van der Waals surface area (Å²) in [6, 6.07) is 15.6. The van der Waals surface area contributed by atoms with E-state index in [2.05, 4.69) is 36.2 Å². The third-order valence-corrected chi connectivity index (χ3v) is 6.07. The van der Waals surface area contributed by atoms with Gasteiger partial charge in [-0.3, -0.25) is 9.69 Å². The largest absolute Gasteiger partial charge is 0.372 e. The van der Waals surface area contributed by atoms with E-state index >= 15 is 0 Å². The van der Waals surface area contributed by atoms with Gasteiger partial charge in [0.1, 0.15) is 4.32 Å². The molecule has 1 heterocycles. The Morgan fingerprint density at radius 3 is 2.54 bits per heavy atom. The lowest BCUT2D eigenvalue weighted by atomic mass is 10.1. The number of halogens is 1. The molecule has 1 aliphatic heterocycles. The molecule has 1 saturated heterocycles. The predicted molar refractivity (Wildman–Crippen MR) is 125 cm³/mol. The Balaban J connectivity index is 1.68. The first-order valence-corrected chi connectivity index (χ1v) is 10.7. The molecule has 2 aromatic carbocycles. The molecule has 0 atom stereocenters. The minimum absolute atomic E-state index is 0.0858. The molecule has 146 valence electrons. The van der Waals surface area contributed by atoms with Crippen LogP contribution in [-0.4, -0.2) is 34.9 Å². The number of carbonyl (C=O) groups excluding carboxylic acids is 1. The van der Waals surface area contributed by atoms with E-state index in [9.17, 15) is 4.79 Å².